The van der Waals surface area contributed by atoms with Crippen molar-refractivity contribution in [2.75, 3.05) is 19.8 Å². The maximum atomic E-state index is 6.04. The van der Waals surface area contributed by atoms with E-state index in [0.717, 1.165) is 59.4 Å². The Hall–Kier alpha value is -0.910. The molecule has 4 nitrogen and oxygen atoms in total. The van der Waals surface area contributed by atoms with Crippen molar-refractivity contribution in [3.05, 3.63) is 32.7 Å². The molecule has 0 heterocycles. The molecule has 0 aromatic heterocycles. The summed E-state index contributed by atoms with van der Waals surface area (Å²) >= 11 is 14.8. The molecule has 0 fully saturated rings. The minimum atomic E-state index is 0.199. The Morgan fingerprint density at radius 1 is 1.11 bits per heavy atom. The predicted octanol–water partition coefficient (Wildman–Crippen LogP) is 7.06. The third-order valence-corrected chi connectivity index (χ3v) is 4.37. The van der Waals surface area contributed by atoms with Gasteiger partial charge < -0.3 is 14.3 Å². The molecule has 7 heteroatoms. The van der Waals surface area contributed by atoms with Gasteiger partial charge in [-0.05, 0) is 79.2 Å². The lowest BCUT2D eigenvalue weighted by Crippen LogP contribution is -2.03. The van der Waals surface area contributed by atoms with E-state index in [0.29, 0.717) is 19.8 Å². The smallest absolute Gasteiger partial charge is 0.136 e. The second-order valence-electron chi connectivity index (χ2n) is 6.23. The van der Waals surface area contributed by atoms with Crippen molar-refractivity contribution in [2.24, 2.45) is 5.16 Å². The van der Waals surface area contributed by atoms with Crippen molar-refractivity contribution < 1.29 is 14.3 Å². The molecular formula is C20H28BrCl2NO3. The fraction of sp³-hybridized carbons (Fsp3) is 0.550. The normalized spacial score (nSPS) is 10.3. The number of unbranched alkanes of at least 4 members (excludes halogenated alkanes) is 2. The standard InChI is InChI=1S/C20H28BrCl2NO3/c1-4-8-16-13-17(25-12-9-19(22)23)14-18(21)20(16)26-10-6-5-7-11-27-24-15(2)3/h9,13-14H,4-8,10-12H2,1-3H3. The second-order valence-corrected chi connectivity index (χ2v) is 8.09. The van der Waals surface area contributed by atoms with E-state index in [1.54, 1.807) is 6.08 Å². The van der Waals surface area contributed by atoms with E-state index >= 15 is 0 Å². The summed E-state index contributed by atoms with van der Waals surface area (Å²) in [6, 6.07) is 3.92. The highest BCUT2D eigenvalue weighted by atomic mass is 79.9. The lowest BCUT2D eigenvalue weighted by Gasteiger charge is -2.15. The van der Waals surface area contributed by atoms with Gasteiger partial charge in [0.2, 0.25) is 0 Å². The number of hydrogen-bond acceptors (Lipinski definition) is 4. The Kier molecular flexibility index (Phi) is 12.6. The SMILES string of the molecule is CCCc1cc(OCC=C(Cl)Cl)cc(Br)c1OCCCCCON=C(C)C. The van der Waals surface area contributed by atoms with Crippen molar-refractivity contribution in [2.45, 2.75) is 52.9 Å². The first-order chi connectivity index (χ1) is 12.9. The van der Waals surface area contributed by atoms with E-state index in [2.05, 4.69) is 28.0 Å². The summed E-state index contributed by atoms with van der Waals surface area (Å²) in [5.74, 6) is 1.64. The predicted molar refractivity (Wildman–Crippen MR) is 118 cm³/mol. The summed E-state index contributed by atoms with van der Waals surface area (Å²) in [4.78, 5) is 5.20. The number of oxime groups is 1. The van der Waals surface area contributed by atoms with Crippen molar-refractivity contribution >= 4 is 44.8 Å². The monoisotopic (exact) mass is 479 g/mol. The average Bonchev–Trinajstić information content (AvgIpc) is 2.58. The zero-order chi connectivity index (χ0) is 20.1. The molecule has 152 valence electrons. The van der Waals surface area contributed by atoms with Crippen LogP contribution in [0.4, 0.5) is 0 Å². The first-order valence-electron chi connectivity index (χ1n) is 9.16. The van der Waals surface area contributed by atoms with Gasteiger partial charge in [0.1, 0.15) is 29.2 Å². The van der Waals surface area contributed by atoms with Crippen molar-refractivity contribution in [3.8, 4) is 11.5 Å². The highest BCUT2D eigenvalue weighted by molar-refractivity contribution is 9.10. The van der Waals surface area contributed by atoms with E-state index in [9.17, 15) is 0 Å². The minimum Gasteiger partial charge on any atom is -0.492 e. The summed E-state index contributed by atoms with van der Waals surface area (Å²) in [5, 5.41) is 3.92. The van der Waals surface area contributed by atoms with Crippen LogP contribution in [0.25, 0.3) is 0 Å². The van der Waals surface area contributed by atoms with Gasteiger partial charge in [0.05, 0.1) is 16.8 Å². The summed E-state index contributed by atoms with van der Waals surface area (Å²) < 4.78 is 12.8. The second kappa shape index (κ2) is 14.1. The van der Waals surface area contributed by atoms with Crippen LogP contribution in [-0.4, -0.2) is 25.5 Å². The van der Waals surface area contributed by atoms with E-state index in [-0.39, 0.29) is 4.49 Å². The molecule has 0 aliphatic carbocycles. The molecule has 0 aliphatic rings. The van der Waals surface area contributed by atoms with Crippen LogP contribution in [0.1, 0.15) is 52.0 Å². The Morgan fingerprint density at radius 2 is 1.85 bits per heavy atom. The lowest BCUT2D eigenvalue weighted by molar-refractivity contribution is 0.138. The van der Waals surface area contributed by atoms with Crippen LogP contribution in [-0.2, 0) is 11.3 Å². The largest absolute Gasteiger partial charge is 0.492 e. The molecule has 0 aliphatic heterocycles. The van der Waals surface area contributed by atoms with E-state index in [1.165, 1.54) is 0 Å². The van der Waals surface area contributed by atoms with Crippen LogP contribution in [0.5, 0.6) is 11.5 Å². The third kappa shape index (κ3) is 10.9. The molecule has 0 saturated heterocycles. The molecule has 1 rings (SSSR count). The topological polar surface area (TPSA) is 40.0 Å². The zero-order valence-electron chi connectivity index (χ0n) is 16.2. The van der Waals surface area contributed by atoms with Crippen molar-refractivity contribution in [3.63, 3.8) is 0 Å². The Balaban J connectivity index is 2.53. The molecule has 1 aromatic carbocycles. The van der Waals surface area contributed by atoms with Gasteiger partial charge in [-0.15, -0.1) is 0 Å². The number of hydrogen-bond donors (Lipinski definition) is 0. The fourth-order valence-corrected chi connectivity index (χ4v) is 3.04. The molecule has 1 aromatic rings. The molecule has 0 spiro atoms. The van der Waals surface area contributed by atoms with E-state index in [1.807, 2.05) is 26.0 Å². The summed E-state index contributed by atoms with van der Waals surface area (Å²) in [6.45, 7) is 7.60. The quantitative estimate of drug-likeness (QED) is 0.172. The van der Waals surface area contributed by atoms with Gasteiger partial charge in [-0.1, -0.05) is 41.7 Å². The first kappa shape index (κ1) is 24.1. The maximum absolute atomic E-state index is 6.04. The van der Waals surface area contributed by atoms with Crippen molar-refractivity contribution in [1.82, 2.24) is 0 Å². The summed E-state index contributed by atoms with van der Waals surface area (Å²) in [5.41, 5.74) is 2.06. The number of ether oxygens (including phenoxy) is 2. The number of rotatable bonds is 13. The molecule has 27 heavy (non-hydrogen) atoms. The van der Waals surface area contributed by atoms with Gasteiger partial charge in [0, 0.05) is 0 Å². The first-order valence-corrected chi connectivity index (χ1v) is 10.7. The maximum Gasteiger partial charge on any atom is 0.136 e. The Morgan fingerprint density at radius 3 is 2.52 bits per heavy atom. The minimum absolute atomic E-state index is 0.199. The highest BCUT2D eigenvalue weighted by Crippen LogP contribution is 2.35. The fourth-order valence-electron chi connectivity index (χ4n) is 2.32. The molecule has 0 bridgehead atoms. The summed E-state index contributed by atoms with van der Waals surface area (Å²) in [6.07, 6.45) is 6.51. The van der Waals surface area contributed by atoms with Gasteiger partial charge in [-0.25, -0.2) is 0 Å². The van der Waals surface area contributed by atoms with Gasteiger partial charge >= 0.3 is 0 Å². The van der Waals surface area contributed by atoms with Gasteiger partial charge in [-0.2, -0.15) is 0 Å². The number of aryl methyl sites for hydroxylation is 1. The van der Waals surface area contributed by atoms with Crippen LogP contribution >= 0.6 is 39.1 Å². The molecule has 0 amide bonds. The van der Waals surface area contributed by atoms with Gasteiger partial charge in [-0.3, -0.25) is 0 Å². The summed E-state index contributed by atoms with van der Waals surface area (Å²) in [7, 11) is 0. The number of nitrogens with zero attached hydrogens (tertiary/aromatic N) is 1. The number of benzene rings is 1. The third-order valence-electron chi connectivity index (χ3n) is 3.47. The average molecular weight is 481 g/mol. The number of halogens is 3. The highest BCUT2D eigenvalue weighted by Gasteiger charge is 2.11. The van der Waals surface area contributed by atoms with Crippen LogP contribution in [0.3, 0.4) is 0 Å². The molecule has 0 atom stereocenters. The van der Waals surface area contributed by atoms with Crippen LogP contribution in [0.2, 0.25) is 0 Å². The Bertz CT molecular complexity index is 628. The zero-order valence-corrected chi connectivity index (χ0v) is 19.3. The van der Waals surface area contributed by atoms with E-state index < -0.39 is 0 Å². The molecule has 0 saturated carbocycles. The van der Waals surface area contributed by atoms with Crippen LogP contribution in [0, 0.1) is 0 Å². The molecule has 0 N–H and O–H groups in total. The lowest BCUT2D eigenvalue weighted by atomic mass is 10.1. The van der Waals surface area contributed by atoms with Crippen molar-refractivity contribution in [1.29, 1.82) is 0 Å². The molecule has 0 unspecified atom stereocenters. The van der Waals surface area contributed by atoms with Gasteiger partial charge in [0.25, 0.3) is 0 Å². The van der Waals surface area contributed by atoms with Crippen LogP contribution in [0.15, 0.2) is 32.3 Å². The van der Waals surface area contributed by atoms with Crippen LogP contribution < -0.4 is 9.47 Å². The van der Waals surface area contributed by atoms with E-state index in [4.69, 9.17) is 37.5 Å². The molecular weight excluding hydrogens is 453 g/mol. The Labute approximate surface area is 181 Å². The molecule has 0 radical (unpaired) electrons. The van der Waals surface area contributed by atoms with Gasteiger partial charge in [0.15, 0.2) is 0 Å².